The van der Waals surface area contributed by atoms with Gasteiger partial charge in [-0.1, -0.05) is 28.1 Å². The van der Waals surface area contributed by atoms with Crippen molar-refractivity contribution in [3.8, 4) is 10.4 Å². The Labute approximate surface area is 163 Å². The number of hydrogen-bond donors (Lipinski definition) is 0. The maximum absolute atomic E-state index is 12.9. The number of halogens is 1. The van der Waals surface area contributed by atoms with Crippen LogP contribution in [0.2, 0.25) is 0 Å². The van der Waals surface area contributed by atoms with E-state index >= 15 is 0 Å². The minimum Gasteiger partial charge on any atom is -0.337 e. The number of thiophene rings is 1. The predicted molar refractivity (Wildman–Crippen MR) is 107 cm³/mol. The summed E-state index contributed by atoms with van der Waals surface area (Å²) in [5.74, 6) is 0.526. The van der Waals surface area contributed by atoms with Crippen LogP contribution in [0.3, 0.4) is 0 Å². The second-order valence-electron chi connectivity index (χ2n) is 6.13. The number of amides is 1. The first-order chi connectivity index (χ1) is 12.2. The summed E-state index contributed by atoms with van der Waals surface area (Å²) in [5.41, 5.74) is 1.14. The lowest BCUT2D eigenvalue weighted by atomic mass is 9.98. The molecular formula is C19H17BrN2OS2. The Balaban J connectivity index is 1.50. The van der Waals surface area contributed by atoms with E-state index in [1.165, 1.54) is 0 Å². The van der Waals surface area contributed by atoms with Gasteiger partial charge in [-0.2, -0.15) is 0 Å². The van der Waals surface area contributed by atoms with Gasteiger partial charge in [-0.05, 0) is 42.7 Å². The molecule has 1 saturated heterocycles. The van der Waals surface area contributed by atoms with Gasteiger partial charge in [-0.15, -0.1) is 22.7 Å². The zero-order valence-corrected chi connectivity index (χ0v) is 16.7. The van der Waals surface area contributed by atoms with Gasteiger partial charge in [0.1, 0.15) is 0 Å². The van der Waals surface area contributed by atoms with Crippen molar-refractivity contribution in [3.05, 3.63) is 62.3 Å². The first-order valence-corrected chi connectivity index (χ1v) is 10.7. The molecule has 0 spiro atoms. The van der Waals surface area contributed by atoms with Crippen LogP contribution in [0, 0.1) is 0 Å². The van der Waals surface area contributed by atoms with Gasteiger partial charge in [0, 0.05) is 39.9 Å². The monoisotopic (exact) mass is 432 g/mol. The van der Waals surface area contributed by atoms with Crippen LogP contribution < -0.4 is 0 Å². The number of carbonyl (C=O) groups is 1. The topological polar surface area (TPSA) is 33.2 Å². The Morgan fingerprint density at radius 1 is 1.20 bits per heavy atom. The SMILES string of the molecule is O=C(c1ccc(-c2ccc(Br)cc2)s1)N1CCCC(c2nccs2)C1. The molecule has 6 heteroatoms. The highest BCUT2D eigenvalue weighted by Crippen LogP contribution is 2.32. The highest BCUT2D eigenvalue weighted by molar-refractivity contribution is 9.10. The number of nitrogens with zero attached hydrogens (tertiary/aromatic N) is 2. The van der Waals surface area contributed by atoms with Gasteiger partial charge in [-0.25, -0.2) is 4.98 Å². The Morgan fingerprint density at radius 3 is 2.80 bits per heavy atom. The second-order valence-corrected chi connectivity index (χ2v) is 9.06. The largest absolute Gasteiger partial charge is 0.337 e. The fourth-order valence-electron chi connectivity index (χ4n) is 3.18. The van der Waals surface area contributed by atoms with Crippen molar-refractivity contribution >= 4 is 44.5 Å². The molecule has 1 fully saturated rings. The fraction of sp³-hybridized carbons (Fsp3) is 0.263. The van der Waals surface area contributed by atoms with Crippen LogP contribution in [0.15, 0.2) is 52.4 Å². The van der Waals surface area contributed by atoms with Gasteiger partial charge in [0.05, 0.1) is 9.88 Å². The van der Waals surface area contributed by atoms with Crippen LogP contribution in [-0.2, 0) is 0 Å². The maximum atomic E-state index is 12.9. The molecule has 3 aromatic rings. The van der Waals surface area contributed by atoms with Gasteiger partial charge in [-0.3, -0.25) is 4.79 Å². The Hall–Kier alpha value is -1.50. The second kappa shape index (κ2) is 7.40. The first kappa shape index (κ1) is 16.9. The molecule has 0 radical (unpaired) electrons. The van der Waals surface area contributed by atoms with E-state index in [1.54, 1.807) is 22.7 Å². The predicted octanol–water partition coefficient (Wildman–Crippen LogP) is 5.65. The van der Waals surface area contributed by atoms with Gasteiger partial charge in [0.15, 0.2) is 0 Å². The standard InChI is InChI=1S/C19H17BrN2OS2/c20-15-5-3-13(4-6-15)16-7-8-17(25-16)19(23)22-10-1-2-14(12-22)18-21-9-11-24-18/h3-9,11,14H,1-2,10,12H2. The van der Waals surface area contributed by atoms with Crippen molar-refractivity contribution < 1.29 is 4.79 Å². The summed E-state index contributed by atoms with van der Waals surface area (Å²) >= 11 is 6.72. The smallest absolute Gasteiger partial charge is 0.263 e. The molecule has 0 bridgehead atoms. The third-order valence-corrected chi connectivity index (χ3v) is 7.04. The number of thiazole rings is 1. The summed E-state index contributed by atoms with van der Waals surface area (Å²) < 4.78 is 1.06. The van der Waals surface area contributed by atoms with Gasteiger partial charge in [0.25, 0.3) is 5.91 Å². The normalized spacial score (nSPS) is 17.6. The van der Waals surface area contributed by atoms with E-state index in [4.69, 9.17) is 0 Å². The van der Waals surface area contributed by atoms with E-state index < -0.39 is 0 Å². The van der Waals surface area contributed by atoms with E-state index in [1.807, 2.05) is 40.7 Å². The van der Waals surface area contributed by atoms with Crippen LogP contribution in [0.25, 0.3) is 10.4 Å². The van der Waals surface area contributed by atoms with E-state index in [2.05, 4.69) is 33.0 Å². The Kier molecular flexibility index (Phi) is 5.01. The molecule has 4 rings (SSSR count). The van der Waals surface area contributed by atoms with Crippen LogP contribution >= 0.6 is 38.6 Å². The molecule has 128 valence electrons. The number of benzene rings is 1. The minimum absolute atomic E-state index is 0.148. The third kappa shape index (κ3) is 3.71. The van der Waals surface area contributed by atoms with E-state index in [-0.39, 0.29) is 5.91 Å². The summed E-state index contributed by atoms with van der Waals surface area (Å²) in [7, 11) is 0. The summed E-state index contributed by atoms with van der Waals surface area (Å²) in [4.78, 5) is 21.3. The van der Waals surface area contributed by atoms with Gasteiger partial charge >= 0.3 is 0 Å². The Bertz CT molecular complexity index is 858. The number of carbonyl (C=O) groups excluding carboxylic acids is 1. The van der Waals surface area contributed by atoms with E-state index in [0.717, 1.165) is 50.7 Å². The van der Waals surface area contributed by atoms with E-state index in [0.29, 0.717) is 5.92 Å². The maximum Gasteiger partial charge on any atom is 0.263 e. The van der Waals surface area contributed by atoms with Crippen molar-refractivity contribution in [1.82, 2.24) is 9.88 Å². The van der Waals surface area contributed by atoms with E-state index in [9.17, 15) is 4.79 Å². The van der Waals surface area contributed by atoms with Crippen LogP contribution in [-0.4, -0.2) is 28.9 Å². The quantitative estimate of drug-likeness (QED) is 0.535. The molecule has 1 aromatic carbocycles. The van der Waals surface area contributed by atoms with Crippen LogP contribution in [0.5, 0.6) is 0 Å². The molecule has 1 unspecified atom stereocenters. The molecule has 0 N–H and O–H groups in total. The summed E-state index contributed by atoms with van der Waals surface area (Å²) in [6.45, 7) is 1.62. The Morgan fingerprint density at radius 2 is 2.04 bits per heavy atom. The average Bonchev–Trinajstić information content (AvgIpc) is 3.34. The number of rotatable bonds is 3. The first-order valence-electron chi connectivity index (χ1n) is 8.25. The molecule has 3 nitrogen and oxygen atoms in total. The molecule has 1 aliphatic rings. The lowest BCUT2D eigenvalue weighted by Gasteiger charge is -2.31. The third-order valence-electron chi connectivity index (χ3n) is 4.45. The van der Waals surface area contributed by atoms with Crippen molar-refractivity contribution in [2.75, 3.05) is 13.1 Å². The zero-order chi connectivity index (χ0) is 17.2. The number of aromatic nitrogens is 1. The highest BCUT2D eigenvalue weighted by atomic mass is 79.9. The lowest BCUT2D eigenvalue weighted by molar-refractivity contribution is 0.0712. The van der Waals surface area contributed by atoms with Crippen LogP contribution in [0.1, 0.15) is 33.4 Å². The number of likely N-dealkylation sites (tertiary alicyclic amines) is 1. The number of hydrogen-bond acceptors (Lipinski definition) is 4. The summed E-state index contributed by atoms with van der Waals surface area (Å²) in [5, 5.41) is 3.17. The van der Waals surface area contributed by atoms with Crippen molar-refractivity contribution in [2.45, 2.75) is 18.8 Å². The molecule has 1 amide bonds. The molecule has 0 saturated carbocycles. The molecule has 3 heterocycles. The minimum atomic E-state index is 0.148. The molecule has 1 aliphatic heterocycles. The fourth-order valence-corrected chi connectivity index (χ4v) is 5.19. The van der Waals surface area contributed by atoms with Crippen molar-refractivity contribution in [3.63, 3.8) is 0 Å². The summed E-state index contributed by atoms with van der Waals surface area (Å²) in [6.07, 6.45) is 4.01. The number of piperidine rings is 1. The van der Waals surface area contributed by atoms with Crippen molar-refractivity contribution in [1.29, 1.82) is 0 Å². The molecule has 25 heavy (non-hydrogen) atoms. The zero-order valence-electron chi connectivity index (χ0n) is 13.5. The molecular weight excluding hydrogens is 416 g/mol. The lowest BCUT2D eigenvalue weighted by Crippen LogP contribution is -2.38. The summed E-state index contributed by atoms with van der Waals surface area (Å²) in [6, 6.07) is 12.2. The average molecular weight is 433 g/mol. The highest BCUT2D eigenvalue weighted by Gasteiger charge is 2.27. The van der Waals surface area contributed by atoms with Crippen LogP contribution in [0.4, 0.5) is 0 Å². The van der Waals surface area contributed by atoms with Gasteiger partial charge in [0.2, 0.25) is 0 Å². The molecule has 2 aromatic heterocycles. The van der Waals surface area contributed by atoms with Crippen molar-refractivity contribution in [2.24, 2.45) is 0 Å². The molecule has 1 atom stereocenters. The van der Waals surface area contributed by atoms with Gasteiger partial charge < -0.3 is 4.90 Å². The molecule has 0 aliphatic carbocycles.